The second kappa shape index (κ2) is 3.82. The van der Waals surface area contributed by atoms with E-state index in [2.05, 4.69) is 22.4 Å². The summed E-state index contributed by atoms with van der Waals surface area (Å²) < 4.78 is 10.7. The maximum atomic E-state index is 5.39. The van der Waals surface area contributed by atoms with Crippen LogP contribution in [0.1, 0.15) is 31.5 Å². The molecule has 1 saturated carbocycles. The summed E-state index contributed by atoms with van der Waals surface area (Å²) in [6, 6.07) is 0.314. The van der Waals surface area contributed by atoms with Crippen molar-refractivity contribution in [3.05, 3.63) is 11.7 Å². The first-order valence-electron chi connectivity index (χ1n) is 5.90. The van der Waals surface area contributed by atoms with E-state index >= 15 is 0 Å². The Bertz CT molecular complexity index is 367. The molecule has 0 aromatic carbocycles. The Morgan fingerprint density at radius 2 is 2.38 bits per heavy atom. The van der Waals surface area contributed by atoms with Gasteiger partial charge in [-0.25, -0.2) is 0 Å². The molecule has 0 spiro atoms. The second-order valence-corrected chi connectivity index (χ2v) is 5.00. The first kappa shape index (κ1) is 10.2. The SMILES string of the molecule is CC1(c2noc(CC3COCCN3)n2)CC1. The highest BCUT2D eigenvalue weighted by atomic mass is 16.5. The quantitative estimate of drug-likeness (QED) is 0.815. The van der Waals surface area contributed by atoms with Gasteiger partial charge in [0.15, 0.2) is 5.82 Å². The molecular formula is C11H17N3O2. The molecule has 1 aliphatic carbocycles. The molecule has 0 radical (unpaired) electrons. The van der Waals surface area contributed by atoms with Crippen LogP contribution in [0.4, 0.5) is 0 Å². The maximum absolute atomic E-state index is 5.39. The lowest BCUT2D eigenvalue weighted by Gasteiger charge is -2.22. The lowest BCUT2D eigenvalue weighted by molar-refractivity contribution is 0.0744. The smallest absolute Gasteiger partial charge is 0.228 e. The Balaban J connectivity index is 1.63. The first-order chi connectivity index (χ1) is 7.76. The van der Waals surface area contributed by atoms with Crippen LogP contribution in [0.25, 0.3) is 0 Å². The molecule has 5 heteroatoms. The van der Waals surface area contributed by atoms with Crippen LogP contribution in [-0.2, 0) is 16.6 Å². The van der Waals surface area contributed by atoms with Crippen molar-refractivity contribution in [1.29, 1.82) is 0 Å². The van der Waals surface area contributed by atoms with Gasteiger partial charge in [-0.2, -0.15) is 4.98 Å². The number of rotatable bonds is 3. The van der Waals surface area contributed by atoms with Gasteiger partial charge in [0.25, 0.3) is 0 Å². The standard InChI is InChI=1S/C11H17N3O2/c1-11(2-3-11)10-13-9(16-14-10)6-8-7-15-5-4-12-8/h8,12H,2-7H2,1H3. The minimum Gasteiger partial charge on any atom is -0.378 e. The molecule has 88 valence electrons. The molecule has 1 aromatic heterocycles. The second-order valence-electron chi connectivity index (χ2n) is 5.00. The number of morpholine rings is 1. The maximum Gasteiger partial charge on any atom is 0.228 e. The third kappa shape index (κ3) is 1.97. The third-order valence-electron chi connectivity index (χ3n) is 3.43. The van der Waals surface area contributed by atoms with Crippen molar-refractivity contribution in [3.63, 3.8) is 0 Å². The van der Waals surface area contributed by atoms with E-state index in [-0.39, 0.29) is 5.41 Å². The highest BCUT2D eigenvalue weighted by Crippen LogP contribution is 2.45. The highest BCUT2D eigenvalue weighted by molar-refractivity contribution is 5.14. The van der Waals surface area contributed by atoms with E-state index in [4.69, 9.17) is 9.26 Å². The van der Waals surface area contributed by atoms with Crippen LogP contribution in [-0.4, -0.2) is 35.9 Å². The summed E-state index contributed by atoms with van der Waals surface area (Å²) in [6.45, 7) is 4.62. The van der Waals surface area contributed by atoms with Crippen molar-refractivity contribution in [1.82, 2.24) is 15.5 Å². The molecule has 1 N–H and O–H groups in total. The van der Waals surface area contributed by atoms with Gasteiger partial charge < -0.3 is 14.6 Å². The summed E-state index contributed by atoms with van der Waals surface area (Å²) in [6.07, 6.45) is 3.12. The molecule has 1 aromatic rings. The fourth-order valence-electron chi connectivity index (χ4n) is 1.96. The van der Waals surface area contributed by atoms with Crippen molar-refractivity contribution in [2.45, 2.75) is 37.6 Å². The minimum atomic E-state index is 0.193. The molecule has 1 unspecified atom stereocenters. The predicted octanol–water partition coefficient (Wildman–Crippen LogP) is 0.652. The van der Waals surface area contributed by atoms with Gasteiger partial charge in [-0.05, 0) is 12.8 Å². The highest BCUT2D eigenvalue weighted by Gasteiger charge is 2.43. The number of ether oxygens (including phenoxy) is 1. The van der Waals surface area contributed by atoms with Crippen molar-refractivity contribution < 1.29 is 9.26 Å². The van der Waals surface area contributed by atoms with Crippen LogP contribution in [0.5, 0.6) is 0 Å². The monoisotopic (exact) mass is 223 g/mol. The van der Waals surface area contributed by atoms with Gasteiger partial charge in [-0.1, -0.05) is 12.1 Å². The summed E-state index contributed by atoms with van der Waals surface area (Å²) >= 11 is 0. The minimum absolute atomic E-state index is 0.193. The molecule has 2 fully saturated rings. The van der Waals surface area contributed by atoms with E-state index in [9.17, 15) is 0 Å². The van der Waals surface area contributed by atoms with Gasteiger partial charge in [0.2, 0.25) is 5.89 Å². The van der Waals surface area contributed by atoms with Crippen molar-refractivity contribution >= 4 is 0 Å². The molecule has 1 saturated heterocycles. The molecule has 1 aliphatic heterocycles. The van der Waals surface area contributed by atoms with Gasteiger partial charge in [-0.3, -0.25) is 0 Å². The average Bonchev–Trinajstić information content (AvgIpc) is 2.88. The van der Waals surface area contributed by atoms with Gasteiger partial charge in [0.05, 0.1) is 13.2 Å². The van der Waals surface area contributed by atoms with Crippen LogP contribution in [0.3, 0.4) is 0 Å². The number of hydrogen-bond donors (Lipinski definition) is 1. The Kier molecular flexibility index (Phi) is 2.44. The van der Waals surface area contributed by atoms with E-state index in [1.165, 1.54) is 12.8 Å². The molecule has 16 heavy (non-hydrogen) atoms. The van der Waals surface area contributed by atoms with E-state index in [0.717, 1.165) is 37.9 Å². The topological polar surface area (TPSA) is 60.2 Å². The van der Waals surface area contributed by atoms with E-state index < -0.39 is 0 Å². The Morgan fingerprint density at radius 3 is 3.06 bits per heavy atom. The van der Waals surface area contributed by atoms with Crippen LogP contribution >= 0.6 is 0 Å². The fourth-order valence-corrected chi connectivity index (χ4v) is 1.96. The van der Waals surface area contributed by atoms with Crippen molar-refractivity contribution in [2.24, 2.45) is 0 Å². The van der Waals surface area contributed by atoms with Crippen LogP contribution in [0, 0.1) is 0 Å². The molecule has 0 amide bonds. The van der Waals surface area contributed by atoms with Crippen LogP contribution in [0.2, 0.25) is 0 Å². The Hall–Kier alpha value is -0.940. The van der Waals surface area contributed by atoms with Gasteiger partial charge in [0, 0.05) is 24.4 Å². The molecule has 2 aliphatic rings. The summed E-state index contributed by atoms with van der Waals surface area (Å²) in [5.74, 6) is 1.60. The summed E-state index contributed by atoms with van der Waals surface area (Å²) in [4.78, 5) is 4.46. The Morgan fingerprint density at radius 1 is 1.50 bits per heavy atom. The van der Waals surface area contributed by atoms with Crippen molar-refractivity contribution in [3.8, 4) is 0 Å². The lowest BCUT2D eigenvalue weighted by Crippen LogP contribution is -2.42. The molecule has 3 rings (SSSR count). The molecule has 2 heterocycles. The molecular weight excluding hydrogens is 206 g/mol. The van der Waals surface area contributed by atoms with Gasteiger partial charge in [0.1, 0.15) is 0 Å². The zero-order chi connectivity index (χ0) is 11.0. The predicted molar refractivity (Wildman–Crippen MR) is 57.2 cm³/mol. The van der Waals surface area contributed by atoms with E-state index in [1.807, 2.05) is 0 Å². The number of hydrogen-bond acceptors (Lipinski definition) is 5. The summed E-state index contributed by atoms with van der Waals surface area (Å²) in [7, 11) is 0. The largest absolute Gasteiger partial charge is 0.378 e. The molecule has 5 nitrogen and oxygen atoms in total. The Labute approximate surface area is 94.6 Å². The van der Waals surface area contributed by atoms with Crippen LogP contribution < -0.4 is 5.32 Å². The number of nitrogens with zero attached hydrogens (tertiary/aromatic N) is 2. The lowest BCUT2D eigenvalue weighted by atomic mass is 10.1. The molecule has 0 bridgehead atoms. The summed E-state index contributed by atoms with van der Waals surface area (Å²) in [5.41, 5.74) is 0.193. The third-order valence-corrected chi connectivity index (χ3v) is 3.43. The average molecular weight is 223 g/mol. The number of nitrogens with one attached hydrogen (secondary N) is 1. The van der Waals surface area contributed by atoms with Gasteiger partial charge in [-0.15, -0.1) is 0 Å². The number of aromatic nitrogens is 2. The fraction of sp³-hybridized carbons (Fsp3) is 0.818. The summed E-state index contributed by atoms with van der Waals surface area (Å²) in [5, 5.41) is 7.44. The zero-order valence-corrected chi connectivity index (χ0v) is 9.53. The normalized spacial score (nSPS) is 27.9. The van der Waals surface area contributed by atoms with Gasteiger partial charge >= 0.3 is 0 Å². The first-order valence-corrected chi connectivity index (χ1v) is 5.90. The van der Waals surface area contributed by atoms with Crippen molar-refractivity contribution in [2.75, 3.05) is 19.8 Å². The van der Waals surface area contributed by atoms with E-state index in [1.54, 1.807) is 0 Å². The molecule has 1 atom stereocenters. The van der Waals surface area contributed by atoms with E-state index in [0.29, 0.717) is 6.04 Å². The zero-order valence-electron chi connectivity index (χ0n) is 9.53. The van der Waals surface area contributed by atoms with Crippen LogP contribution in [0.15, 0.2) is 4.52 Å².